The van der Waals surface area contributed by atoms with E-state index >= 15 is 0 Å². The number of rotatable bonds is 4. The second kappa shape index (κ2) is 5.91. The Bertz CT molecular complexity index is 338. The first-order valence-electron chi connectivity index (χ1n) is 5.20. The van der Waals surface area contributed by atoms with E-state index in [0.717, 1.165) is 17.3 Å². The van der Waals surface area contributed by atoms with Crippen LogP contribution in [0.4, 0.5) is 0 Å². The van der Waals surface area contributed by atoms with Gasteiger partial charge in [0.2, 0.25) is 0 Å². The normalized spacial score (nSPS) is 12.2. The van der Waals surface area contributed by atoms with E-state index < -0.39 is 0 Å². The van der Waals surface area contributed by atoms with Crippen molar-refractivity contribution in [3.63, 3.8) is 0 Å². The topological polar surface area (TPSA) is 29.1 Å². The van der Waals surface area contributed by atoms with Gasteiger partial charge in [-0.25, -0.2) is 0 Å². The van der Waals surface area contributed by atoms with E-state index in [1.165, 1.54) is 0 Å². The molecule has 0 aliphatic heterocycles. The summed E-state index contributed by atoms with van der Waals surface area (Å²) in [5.74, 6) is -0.0107. The molecule has 1 rings (SSSR count). The number of halogens is 1. The van der Waals surface area contributed by atoms with Gasteiger partial charge in [-0.3, -0.25) is 4.79 Å². The van der Waals surface area contributed by atoms with E-state index in [9.17, 15) is 4.79 Å². The van der Waals surface area contributed by atoms with Gasteiger partial charge in [-0.15, -0.1) is 0 Å². The lowest BCUT2D eigenvalue weighted by atomic mass is 10.1. The van der Waals surface area contributed by atoms with Gasteiger partial charge < -0.3 is 5.32 Å². The zero-order chi connectivity index (χ0) is 11.3. The summed E-state index contributed by atoms with van der Waals surface area (Å²) in [6.45, 7) is 4.14. The van der Waals surface area contributed by atoms with Crippen LogP contribution in [0.5, 0.6) is 0 Å². The molecule has 1 amide bonds. The molecular formula is C12H16BrNO. The maximum atomic E-state index is 11.8. The Morgan fingerprint density at radius 2 is 2.13 bits per heavy atom. The molecule has 0 bridgehead atoms. The highest BCUT2D eigenvalue weighted by Gasteiger charge is 2.11. The van der Waals surface area contributed by atoms with Crippen LogP contribution in [0.3, 0.4) is 0 Å². The van der Waals surface area contributed by atoms with E-state index in [2.05, 4.69) is 28.2 Å². The average Bonchev–Trinajstić information content (AvgIpc) is 2.18. The van der Waals surface area contributed by atoms with E-state index in [1.807, 2.05) is 31.2 Å². The van der Waals surface area contributed by atoms with Crippen LogP contribution in [-0.4, -0.2) is 11.9 Å². The molecule has 15 heavy (non-hydrogen) atoms. The Kier molecular flexibility index (Phi) is 4.82. The molecule has 0 saturated heterocycles. The third-order valence-corrected chi connectivity index (χ3v) is 2.91. The Labute approximate surface area is 99.2 Å². The van der Waals surface area contributed by atoms with Crippen molar-refractivity contribution in [3.05, 3.63) is 34.3 Å². The van der Waals surface area contributed by atoms with Crippen LogP contribution < -0.4 is 5.32 Å². The minimum Gasteiger partial charge on any atom is -0.350 e. The fourth-order valence-corrected chi connectivity index (χ4v) is 1.92. The summed E-state index contributed by atoms with van der Waals surface area (Å²) < 4.78 is 0.839. The number of benzene rings is 1. The fourth-order valence-electron chi connectivity index (χ4n) is 1.45. The van der Waals surface area contributed by atoms with Crippen molar-refractivity contribution in [2.45, 2.75) is 32.7 Å². The first kappa shape index (κ1) is 12.2. The standard InChI is InChI=1S/C12H16BrNO/c1-3-6-9(2)14-12(15)10-7-4-5-8-11(10)13/h4-5,7-9H,3,6H2,1-2H3,(H,14,15)/t9-/m1/s1. The highest BCUT2D eigenvalue weighted by Crippen LogP contribution is 2.15. The first-order valence-corrected chi connectivity index (χ1v) is 5.99. The quantitative estimate of drug-likeness (QED) is 0.893. The van der Waals surface area contributed by atoms with Crippen molar-refractivity contribution in [1.82, 2.24) is 5.32 Å². The Balaban J connectivity index is 2.65. The van der Waals surface area contributed by atoms with Crippen molar-refractivity contribution in [1.29, 1.82) is 0 Å². The summed E-state index contributed by atoms with van der Waals surface area (Å²) in [5.41, 5.74) is 0.695. The van der Waals surface area contributed by atoms with Crippen molar-refractivity contribution in [2.24, 2.45) is 0 Å². The summed E-state index contributed by atoms with van der Waals surface area (Å²) in [4.78, 5) is 11.8. The van der Waals surface area contributed by atoms with E-state index in [0.29, 0.717) is 5.56 Å². The van der Waals surface area contributed by atoms with Crippen LogP contribution in [0.15, 0.2) is 28.7 Å². The number of carbonyl (C=O) groups is 1. The van der Waals surface area contributed by atoms with Gasteiger partial charge in [-0.2, -0.15) is 0 Å². The van der Waals surface area contributed by atoms with Gasteiger partial charge in [0.15, 0.2) is 0 Å². The largest absolute Gasteiger partial charge is 0.350 e. The molecule has 1 aromatic rings. The molecule has 0 aliphatic rings. The van der Waals surface area contributed by atoms with Gasteiger partial charge in [0.1, 0.15) is 0 Å². The number of carbonyl (C=O) groups excluding carboxylic acids is 1. The summed E-state index contributed by atoms with van der Waals surface area (Å²) >= 11 is 3.36. The molecule has 0 aliphatic carbocycles. The summed E-state index contributed by atoms with van der Waals surface area (Å²) in [7, 11) is 0. The molecule has 0 heterocycles. The average molecular weight is 270 g/mol. The number of hydrogen-bond acceptors (Lipinski definition) is 1. The van der Waals surface area contributed by atoms with Crippen molar-refractivity contribution < 1.29 is 4.79 Å². The van der Waals surface area contributed by atoms with Crippen LogP contribution in [0.2, 0.25) is 0 Å². The number of hydrogen-bond donors (Lipinski definition) is 1. The summed E-state index contributed by atoms with van der Waals surface area (Å²) in [6.07, 6.45) is 2.09. The molecule has 0 aromatic heterocycles. The molecule has 0 saturated carbocycles. The summed E-state index contributed by atoms with van der Waals surface area (Å²) in [5, 5.41) is 2.97. The van der Waals surface area contributed by atoms with E-state index in [1.54, 1.807) is 0 Å². The molecule has 0 spiro atoms. The van der Waals surface area contributed by atoms with Crippen molar-refractivity contribution in [2.75, 3.05) is 0 Å². The van der Waals surface area contributed by atoms with Gasteiger partial charge in [0.25, 0.3) is 5.91 Å². The van der Waals surface area contributed by atoms with Crippen LogP contribution in [0.25, 0.3) is 0 Å². The molecule has 82 valence electrons. The lowest BCUT2D eigenvalue weighted by molar-refractivity contribution is 0.0937. The predicted molar refractivity (Wildman–Crippen MR) is 66.0 cm³/mol. The van der Waals surface area contributed by atoms with Crippen LogP contribution in [0.1, 0.15) is 37.0 Å². The second-order valence-electron chi connectivity index (χ2n) is 3.64. The lowest BCUT2D eigenvalue weighted by Crippen LogP contribution is -2.32. The molecule has 0 radical (unpaired) electrons. The van der Waals surface area contributed by atoms with Gasteiger partial charge in [0.05, 0.1) is 5.56 Å². The summed E-state index contributed by atoms with van der Waals surface area (Å²) in [6, 6.07) is 7.69. The Morgan fingerprint density at radius 1 is 1.47 bits per heavy atom. The van der Waals surface area contributed by atoms with E-state index in [-0.39, 0.29) is 11.9 Å². The molecule has 2 nitrogen and oxygen atoms in total. The smallest absolute Gasteiger partial charge is 0.252 e. The third kappa shape index (κ3) is 3.67. The zero-order valence-corrected chi connectivity index (χ0v) is 10.7. The predicted octanol–water partition coefficient (Wildman–Crippen LogP) is 3.37. The highest BCUT2D eigenvalue weighted by atomic mass is 79.9. The van der Waals surface area contributed by atoms with Gasteiger partial charge in [-0.05, 0) is 41.4 Å². The first-order chi connectivity index (χ1) is 7.15. The Hall–Kier alpha value is -0.830. The van der Waals surface area contributed by atoms with Gasteiger partial charge in [-0.1, -0.05) is 25.5 Å². The molecule has 1 N–H and O–H groups in total. The molecule has 0 unspecified atom stereocenters. The zero-order valence-electron chi connectivity index (χ0n) is 9.09. The number of nitrogens with one attached hydrogen (secondary N) is 1. The second-order valence-corrected chi connectivity index (χ2v) is 4.50. The van der Waals surface area contributed by atoms with Gasteiger partial charge >= 0.3 is 0 Å². The van der Waals surface area contributed by atoms with Crippen molar-refractivity contribution in [3.8, 4) is 0 Å². The number of amides is 1. The van der Waals surface area contributed by atoms with Crippen molar-refractivity contribution >= 4 is 21.8 Å². The fraction of sp³-hybridized carbons (Fsp3) is 0.417. The minimum absolute atomic E-state index is 0.0107. The molecule has 0 fully saturated rings. The third-order valence-electron chi connectivity index (χ3n) is 2.22. The molecule has 3 heteroatoms. The maximum Gasteiger partial charge on any atom is 0.252 e. The molecular weight excluding hydrogens is 254 g/mol. The highest BCUT2D eigenvalue weighted by molar-refractivity contribution is 9.10. The van der Waals surface area contributed by atoms with E-state index in [4.69, 9.17) is 0 Å². The maximum absolute atomic E-state index is 11.8. The van der Waals surface area contributed by atoms with Crippen LogP contribution >= 0.6 is 15.9 Å². The SMILES string of the molecule is CCC[C@@H](C)NC(=O)c1ccccc1Br. The molecule has 1 atom stereocenters. The lowest BCUT2D eigenvalue weighted by Gasteiger charge is -2.13. The monoisotopic (exact) mass is 269 g/mol. The van der Waals surface area contributed by atoms with Gasteiger partial charge in [0, 0.05) is 10.5 Å². The van der Waals surface area contributed by atoms with Crippen LogP contribution in [0, 0.1) is 0 Å². The Morgan fingerprint density at radius 3 is 2.73 bits per heavy atom. The molecule has 1 aromatic carbocycles. The minimum atomic E-state index is -0.0107. The van der Waals surface area contributed by atoms with Crippen LogP contribution in [-0.2, 0) is 0 Å².